The standard InChI is InChI=1S/C26H30N6O8S/c1-19(24(34)35)32(31-41(37,38)17-15-30-26(36)40-18-20-6-3-2-4-7-20)23(33)21-8-10-22(11-9-21)39-16-14-29-25-27-12-5-13-28-25/h2-13,19,31H,14-18H2,1H3,(H,30,36)(H,34,35)(H,27,28,29)/t19-/m0/s1. The van der Waals surface area contributed by atoms with Crippen LogP contribution in [0.4, 0.5) is 10.7 Å². The number of ether oxygens (including phenoxy) is 2. The minimum Gasteiger partial charge on any atom is -0.492 e. The van der Waals surface area contributed by atoms with Gasteiger partial charge >= 0.3 is 12.1 Å². The average Bonchev–Trinajstić information content (AvgIpc) is 2.97. The predicted octanol–water partition coefficient (Wildman–Crippen LogP) is 1.64. The number of anilines is 1. The van der Waals surface area contributed by atoms with Gasteiger partial charge in [0.15, 0.2) is 0 Å². The number of rotatable bonds is 15. The Morgan fingerprint density at radius 3 is 2.32 bits per heavy atom. The van der Waals surface area contributed by atoms with Gasteiger partial charge in [-0.05, 0) is 42.8 Å². The predicted molar refractivity (Wildman–Crippen MR) is 147 cm³/mol. The van der Waals surface area contributed by atoms with Gasteiger partial charge in [0, 0.05) is 24.5 Å². The topological polar surface area (TPSA) is 189 Å². The summed E-state index contributed by atoms with van der Waals surface area (Å²) in [7, 11) is -4.24. The van der Waals surface area contributed by atoms with Crippen molar-refractivity contribution in [3.05, 3.63) is 84.2 Å². The number of carbonyl (C=O) groups excluding carboxylic acids is 2. The molecule has 0 saturated heterocycles. The molecule has 15 heteroatoms. The quantitative estimate of drug-likeness (QED) is 0.150. The van der Waals surface area contributed by atoms with Gasteiger partial charge in [-0.2, -0.15) is 0 Å². The fourth-order valence-electron chi connectivity index (χ4n) is 3.22. The molecule has 0 radical (unpaired) electrons. The highest BCUT2D eigenvalue weighted by atomic mass is 32.2. The summed E-state index contributed by atoms with van der Waals surface area (Å²) in [6, 6.07) is 14.8. The number of alkyl carbamates (subject to hydrolysis) is 1. The molecule has 0 bridgehead atoms. The van der Waals surface area contributed by atoms with E-state index in [1.807, 2.05) is 10.9 Å². The molecule has 0 aliphatic rings. The number of amides is 2. The van der Waals surface area contributed by atoms with Crippen molar-refractivity contribution in [3.8, 4) is 5.75 Å². The molecule has 3 rings (SSSR count). The molecule has 14 nitrogen and oxygen atoms in total. The van der Waals surface area contributed by atoms with Crippen molar-refractivity contribution in [2.24, 2.45) is 0 Å². The fourth-order valence-corrected chi connectivity index (χ4v) is 4.22. The largest absolute Gasteiger partial charge is 0.492 e. The first kappa shape index (κ1) is 30.8. The van der Waals surface area contributed by atoms with E-state index in [4.69, 9.17) is 9.47 Å². The number of carboxylic acid groups (broad SMARTS) is 1. The average molecular weight is 587 g/mol. The highest BCUT2D eigenvalue weighted by Gasteiger charge is 2.30. The Kier molecular flexibility index (Phi) is 11.4. The maximum absolute atomic E-state index is 13.1. The van der Waals surface area contributed by atoms with Gasteiger partial charge in [-0.1, -0.05) is 30.3 Å². The summed E-state index contributed by atoms with van der Waals surface area (Å²) >= 11 is 0. The molecule has 0 spiro atoms. The Hall–Kier alpha value is -4.76. The van der Waals surface area contributed by atoms with Crippen molar-refractivity contribution in [2.45, 2.75) is 19.6 Å². The molecule has 0 fully saturated rings. The van der Waals surface area contributed by atoms with E-state index in [9.17, 15) is 27.9 Å². The van der Waals surface area contributed by atoms with E-state index in [1.54, 1.807) is 42.7 Å². The van der Waals surface area contributed by atoms with Crippen molar-refractivity contribution in [1.29, 1.82) is 0 Å². The number of carbonyl (C=O) groups is 3. The second kappa shape index (κ2) is 15.1. The highest BCUT2D eigenvalue weighted by Crippen LogP contribution is 2.15. The van der Waals surface area contributed by atoms with Gasteiger partial charge in [-0.15, -0.1) is 4.83 Å². The van der Waals surface area contributed by atoms with Gasteiger partial charge in [0.2, 0.25) is 16.0 Å². The van der Waals surface area contributed by atoms with Crippen LogP contribution in [0.1, 0.15) is 22.8 Å². The monoisotopic (exact) mass is 586 g/mol. The zero-order valence-electron chi connectivity index (χ0n) is 22.1. The molecular weight excluding hydrogens is 556 g/mol. The maximum atomic E-state index is 13.1. The molecule has 0 unspecified atom stereocenters. The molecule has 218 valence electrons. The second-order valence-electron chi connectivity index (χ2n) is 8.46. The lowest BCUT2D eigenvalue weighted by molar-refractivity contribution is -0.142. The molecule has 0 saturated carbocycles. The van der Waals surface area contributed by atoms with E-state index in [0.29, 0.717) is 23.3 Å². The number of sulfonamides is 1. The molecule has 41 heavy (non-hydrogen) atoms. The molecule has 2 aromatic carbocycles. The summed E-state index contributed by atoms with van der Waals surface area (Å²) in [4.78, 5) is 46.6. The minimum atomic E-state index is -4.24. The molecule has 1 atom stereocenters. The third kappa shape index (κ3) is 10.4. The zero-order chi connectivity index (χ0) is 29.7. The number of nitrogens with one attached hydrogen (secondary N) is 3. The lowest BCUT2D eigenvalue weighted by Gasteiger charge is -2.26. The first-order valence-corrected chi connectivity index (χ1v) is 14.0. The van der Waals surface area contributed by atoms with Crippen LogP contribution >= 0.6 is 0 Å². The molecule has 2 amide bonds. The number of aromatic nitrogens is 2. The van der Waals surface area contributed by atoms with Gasteiger partial charge in [0.1, 0.15) is 25.0 Å². The first-order valence-electron chi connectivity index (χ1n) is 12.4. The normalized spacial score (nSPS) is 11.6. The number of hydrogen-bond donors (Lipinski definition) is 4. The number of nitrogens with zero attached hydrogens (tertiary/aromatic N) is 3. The maximum Gasteiger partial charge on any atom is 0.407 e. The third-order valence-corrected chi connectivity index (χ3v) is 6.59. The molecule has 1 aromatic heterocycles. The molecular formula is C26H30N6O8S. The van der Waals surface area contributed by atoms with Gasteiger partial charge in [-0.25, -0.2) is 33.0 Å². The Morgan fingerprint density at radius 1 is 0.976 bits per heavy atom. The third-order valence-electron chi connectivity index (χ3n) is 5.37. The van der Waals surface area contributed by atoms with Crippen LogP contribution < -0.4 is 20.2 Å². The minimum absolute atomic E-state index is 0.000550. The first-order chi connectivity index (χ1) is 19.6. The number of carboxylic acids is 1. The molecule has 1 heterocycles. The summed E-state index contributed by atoms with van der Waals surface area (Å²) in [6.45, 7) is 1.49. The SMILES string of the molecule is C[C@@H](C(=O)O)N(NS(=O)(=O)CCNC(=O)OCc1ccccc1)C(=O)c1ccc(OCCNc2ncccn2)cc1. The van der Waals surface area contributed by atoms with Crippen molar-refractivity contribution in [1.82, 2.24) is 25.1 Å². The molecule has 3 aromatic rings. The summed E-state index contributed by atoms with van der Waals surface area (Å²) in [5.41, 5.74) is 0.773. The van der Waals surface area contributed by atoms with Crippen molar-refractivity contribution >= 4 is 33.9 Å². The van der Waals surface area contributed by atoms with E-state index < -0.39 is 39.8 Å². The van der Waals surface area contributed by atoms with Crippen LogP contribution in [-0.4, -0.2) is 78.0 Å². The van der Waals surface area contributed by atoms with E-state index in [1.165, 1.54) is 24.3 Å². The number of aliphatic carboxylic acids is 1. The van der Waals surface area contributed by atoms with Crippen LogP contribution in [0.15, 0.2) is 73.1 Å². The number of benzene rings is 2. The smallest absolute Gasteiger partial charge is 0.407 e. The van der Waals surface area contributed by atoms with Gasteiger partial charge < -0.3 is 25.2 Å². The van der Waals surface area contributed by atoms with E-state index >= 15 is 0 Å². The Morgan fingerprint density at radius 2 is 1.66 bits per heavy atom. The van der Waals surface area contributed by atoms with Crippen LogP contribution in [-0.2, 0) is 26.2 Å². The van der Waals surface area contributed by atoms with E-state index in [0.717, 1.165) is 12.5 Å². The molecule has 0 aliphatic carbocycles. The van der Waals surface area contributed by atoms with Gasteiger partial charge in [0.25, 0.3) is 5.91 Å². The summed E-state index contributed by atoms with van der Waals surface area (Å²) in [6.07, 6.45) is 2.37. The highest BCUT2D eigenvalue weighted by molar-refractivity contribution is 7.89. The van der Waals surface area contributed by atoms with Crippen LogP contribution in [0, 0.1) is 0 Å². The fraction of sp³-hybridized carbons (Fsp3) is 0.269. The van der Waals surface area contributed by atoms with Crippen LogP contribution in [0.2, 0.25) is 0 Å². The Balaban J connectivity index is 1.52. The van der Waals surface area contributed by atoms with Gasteiger partial charge in [-0.3, -0.25) is 4.79 Å². The van der Waals surface area contributed by atoms with E-state index in [-0.39, 0.29) is 25.3 Å². The van der Waals surface area contributed by atoms with Crippen molar-refractivity contribution in [3.63, 3.8) is 0 Å². The van der Waals surface area contributed by atoms with Crippen LogP contribution in [0.25, 0.3) is 0 Å². The van der Waals surface area contributed by atoms with Crippen LogP contribution in [0.3, 0.4) is 0 Å². The zero-order valence-corrected chi connectivity index (χ0v) is 22.9. The van der Waals surface area contributed by atoms with Crippen LogP contribution in [0.5, 0.6) is 5.75 Å². The summed E-state index contributed by atoms with van der Waals surface area (Å²) in [5, 5.41) is 15.2. The molecule has 4 N–H and O–H groups in total. The Labute approximate surface area is 236 Å². The number of hydrazine groups is 1. The second-order valence-corrected chi connectivity index (χ2v) is 10.3. The van der Waals surface area contributed by atoms with Crippen molar-refractivity contribution < 1.29 is 37.4 Å². The van der Waals surface area contributed by atoms with Gasteiger partial charge in [0.05, 0.1) is 12.3 Å². The lowest BCUT2D eigenvalue weighted by atomic mass is 10.2. The summed E-state index contributed by atoms with van der Waals surface area (Å²) < 4.78 is 35.9. The van der Waals surface area contributed by atoms with E-state index in [2.05, 4.69) is 20.6 Å². The summed E-state index contributed by atoms with van der Waals surface area (Å²) in [5.74, 6) is -2.09. The Bertz CT molecular complexity index is 1390. The lowest BCUT2D eigenvalue weighted by Crippen LogP contribution is -2.54. The molecule has 0 aliphatic heterocycles. The number of hydrogen-bond acceptors (Lipinski definition) is 10. The van der Waals surface area contributed by atoms with Crippen molar-refractivity contribution in [2.75, 3.05) is 30.8 Å².